The fourth-order valence-corrected chi connectivity index (χ4v) is 4.76. The van der Waals surface area contributed by atoms with Gasteiger partial charge >= 0.3 is 12.0 Å². The van der Waals surface area contributed by atoms with Gasteiger partial charge in [0.1, 0.15) is 5.82 Å². The van der Waals surface area contributed by atoms with Gasteiger partial charge in [0.2, 0.25) is 0 Å². The van der Waals surface area contributed by atoms with Crippen LogP contribution in [0.3, 0.4) is 0 Å². The number of aromatic carboxylic acids is 1. The van der Waals surface area contributed by atoms with Gasteiger partial charge in [0.15, 0.2) is 0 Å². The Hall–Kier alpha value is -4.13. The van der Waals surface area contributed by atoms with Crippen molar-refractivity contribution in [2.45, 2.75) is 26.7 Å². The third kappa shape index (κ3) is 3.79. The number of hydrogen-bond acceptors (Lipinski definition) is 3. The summed E-state index contributed by atoms with van der Waals surface area (Å²) < 4.78 is 2.06. The first kappa shape index (κ1) is 21.7. The number of fused-ring (bicyclic) bond motifs is 1. The highest BCUT2D eigenvalue weighted by molar-refractivity contribution is 5.97. The lowest BCUT2D eigenvalue weighted by Crippen LogP contribution is -2.32. The number of nitrogens with one attached hydrogen (secondary N) is 1. The molecule has 1 fully saturated rings. The van der Waals surface area contributed by atoms with Crippen LogP contribution in [-0.4, -0.2) is 44.6 Å². The van der Waals surface area contributed by atoms with Gasteiger partial charge in [-0.25, -0.2) is 14.6 Å². The monoisotopic (exact) mass is 454 g/mol. The summed E-state index contributed by atoms with van der Waals surface area (Å²) in [4.78, 5) is 31.0. The Morgan fingerprint density at radius 1 is 0.941 bits per heavy atom. The van der Waals surface area contributed by atoms with Crippen LogP contribution in [0.25, 0.3) is 27.8 Å². The highest BCUT2D eigenvalue weighted by Gasteiger charge is 2.20. The normalized spacial score (nSPS) is 13.4. The number of aromatic nitrogens is 2. The first-order valence-electron chi connectivity index (χ1n) is 11.4. The van der Waals surface area contributed by atoms with Crippen molar-refractivity contribution >= 4 is 28.7 Å². The third-order valence-electron chi connectivity index (χ3n) is 6.46. The first-order chi connectivity index (χ1) is 16.4. The highest BCUT2D eigenvalue weighted by Crippen LogP contribution is 2.33. The number of nitrogens with zero attached hydrogens (tertiary/aromatic N) is 3. The average molecular weight is 455 g/mol. The van der Waals surface area contributed by atoms with Gasteiger partial charge in [-0.3, -0.25) is 4.57 Å². The lowest BCUT2D eigenvalue weighted by Gasteiger charge is -2.17. The third-order valence-corrected chi connectivity index (χ3v) is 6.46. The molecule has 0 saturated carbocycles. The molecule has 1 aromatic heterocycles. The van der Waals surface area contributed by atoms with Crippen molar-refractivity contribution < 1.29 is 14.7 Å². The quantitative estimate of drug-likeness (QED) is 0.418. The molecule has 0 radical (unpaired) electrons. The van der Waals surface area contributed by atoms with E-state index in [9.17, 15) is 14.7 Å². The van der Waals surface area contributed by atoms with Crippen LogP contribution in [0, 0.1) is 13.8 Å². The number of hydrogen-bond donors (Lipinski definition) is 2. The van der Waals surface area contributed by atoms with Crippen molar-refractivity contribution in [1.82, 2.24) is 14.5 Å². The molecule has 1 aliphatic heterocycles. The Morgan fingerprint density at radius 3 is 2.44 bits per heavy atom. The van der Waals surface area contributed by atoms with E-state index in [0.29, 0.717) is 5.56 Å². The molecule has 1 aliphatic rings. The van der Waals surface area contributed by atoms with Crippen molar-refractivity contribution in [2.24, 2.45) is 0 Å². The van der Waals surface area contributed by atoms with Crippen LogP contribution >= 0.6 is 0 Å². The zero-order valence-electron chi connectivity index (χ0n) is 19.2. The van der Waals surface area contributed by atoms with Crippen LogP contribution in [0.5, 0.6) is 0 Å². The summed E-state index contributed by atoms with van der Waals surface area (Å²) in [6.45, 7) is 5.51. The van der Waals surface area contributed by atoms with E-state index < -0.39 is 5.97 Å². The van der Waals surface area contributed by atoms with E-state index in [1.165, 1.54) is 0 Å². The molecule has 0 spiro atoms. The largest absolute Gasteiger partial charge is 0.478 e. The molecule has 2 amide bonds. The van der Waals surface area contributed by atoms with Gasteiger partial charge in [-0.2, -0.15) is 0 Å². The van der Waals surface area contributed by atoms with E-state index in [4.69, 9.17) is 4.98 Å². The molecule has 4 aromatic rings. The summed E-state index contributed by atoms with van der Waals surface area (Å²) >= 11 is 0. The van der Waals surface area contributed by atoms with Gasteiger partial charge < -0.3 is 15.3 Å². The second kappa shape index (κ2) is 8.67. The summed E-state index contributed by atoms with van der Waals surface area (Å²) in [6.07, 6.45) is 2.08. The second-order valence-corrected chi connectivity index (χ2v) is 8.62. The number of carbonyl (C=O) groups excluding carboxylic acids is 1. The van der Waals surface area contributed by atoms with Crippen molar-refractivity contribution in [3.63, 3.8) is 0 Å². The lowest BCUT2D eigenvalue weighted by atomic mass is 9.95. The van der Waals surface area contributed by atoms with E-state index >= 15 is 0 Å². The topological polar surface area (TPSA) is 87.5 Å². The van der Waals surface area contributed by atoms with Gasteiger partial charge in [-0.1, -0.05) is 30.3 Å². The summed E-state index contributed by atoms with van der Waals surface area (Å²) in [7, 11) is 0. The predicted octanol–water partition coefficient (Wildman–Crippen LogP) is 5.64. The SMILES string of the molecule is Cc1c(-c2ccccc2C(=O)O)cccc1-n1c(C)nc2ccc(NC(=O)N3CCCC3)cc21. The van der Waals surface area contributed by atoms with Crippen LogP contribution in [0.15, 0.2) is 60.7 Å². The number of likely N-dealkylation sites (tertiary alicyclic amines) is 1. The zero-order chi connectivity index (χ0) is 23.8. The summed E-state index contributed by atoms with van der Waals surface area (Å²) in [5, 5.41) is 12.7. The molecule has 7 nitrogen and oxygen atoms in total. The highest BCUT2D eigenvalue weighted by atomic mass is 16.4. The predicted molar refractivity (Wildman–Crippen MR) is 133 cm³/mol. The molecule has 172 valence electrons. The van der Waals surface area contributed by atoms with Crippen LogP contribution in [0.2, 0.25) is 0 Å². The van der Waals surface area contributed by atoms with Crippen LogP contribution in [-0.2, 0) is 0 Å². The fourth-order valence-electron chi connectivity index (χ4n) is 4.76. The molecule has 1 saturated heterocycles. The number of anilines is 1. The van der Waals surface area contributed by atoms with Gasteiger partial charge in [0.05, 0.1) is 22.3 Å². The van der Waals surface area contributed by atoms with Crippen molar-refractivity contribution in [3.8, 4) is 16.8 Å². The molecule has 34 heavy (non-hydrogen) atoms. The van der Waals surface area contributed by atoms with E-state index in [-0.39, 0.29) is 11.6 Å². The molecular weight excluding hydrogens is 428 g/mol. The Balaban J connectivity index is 1.59. The van der Waals surface area contributed by atoms with E-state index in [2.05, 4.69) is 9.88 Å². The maximum atomic E-state index is 12.6. The zero-order valence-corrected chi connectivity index (χ0v) is 19.2. The molecule has 5 rings (SSSR count). The van der Waals surface area contributed by atoms with Crippen molar-refractivity contribution in [2.75, 3.05) is 18.4 Å². The molecule has 0 unspecified atom stereocenters. The molecule has 0 aliphatic carbocycles. The molecule has 2 N–H and O–H groups in total. The van der Waals surface area contributed by atoms with E-state index in [0.717, 1.165) is 65.3 Å². The van der Waals surface area contributed by atoms with Crippen molar-refractivity contribution in [3.05, 3.63) is 77.6 Å². The van der Waals surface area contributed by atoms with Crippen molar-refractivity contribution in [1.29, 1.82) is 0 Å². The summed E-state index contributed by atoms with van der Waals surface area (Å²) in [5.41, 5.74) is 6.09. The Bertz CT molecular complexity index is 1420. The van der Waals surface area contributed by atoms with E-state index in [1.54, 1.807) is 12.1 Å². The minimum Gasteiger partial charge on any atom is -0.478 e. The van der Waals surface area contributed by atoms with Gasteiger partial charge in [0.25, 0.3) is 0 Å². The van der Waals surface area contributed by atoms with Crippen LogP contribution in [0.4, 0.5) is 10.5 Å². The van der Waals surface area contributed by atoms with Gasteiger partial charge in [-0.15, -0.1) is 0 Å². The average Bonchev–Trinajstić information content (AvgIpc) is 3.47. The van der Waals surface area contributed by atoms with Crippen LogP contribution < -0.4 is 5.32 Å². The minimum absolute atomic E-state index is 0.0805. The standard InChI is InChI=1S/C27H26N4O3/c1-17-20(21-8-3-4-9-22(21)26(32)33)10-7-11-24(17)31-18(2)28-23-13-12-19(16-25(23)31)29-27(34)30-14-5-6-15-30/h3-4,7-13,16H,5-6,14-15H2,1-2H3,(H,29,34)(H,32,33). The minimum atomic E-state index is -0.956. The molecule has 0 bridgehead atoms. The van der Waals surface area contributed by atoms with Gasteiger partial charge in [-0.05, 0) is 73.7 Å². The number of carboxylic acid groups (broad SMARTS) is 1. The molecule has 2 heterocycles. The fraction of sp³-hybridized carbons (Fsp3) is 0.222. The molecule has 0 atom stereocenters. The second-order valence-electron chi connectivity index (χ2n) is 8.62. The number of carbonyl (C=O) groups is 2. The number of amides is 2. The number of carboxylic acids is 1. The molecule has 7 heteroatoms. The number of urea groups is 1. The lowest BCUT2D eigenvalue weighted by molar-refractivity contribution is 0.0697. The Morgan fingerprint density at radius 2 is 1.68 bits per heavy atom. The Kier molecular flexibility index (Phi) is 5.53. The molecular formula is C27H26N4O3. The van der Waals surface area contributed by atoms with E-state index in [1.807, 2.05) is 67.3 Å². The first-order valence-corrected chi connectivity index (χ1v) is 11.4. The van der Waals surface area contributed by atoms with Gasteiger partial charge in [0, 0.05) is 18.8 Å². The number of aryl methyl sites for hydroxylation is 1. The summed E-state index contributed by atoms with van der Waals surface area (Å²) in [5.74, 6) is -0.146. The number of rotatable bonds is 4. The summed E-state index contributed by atoms with van der Waals surface area (Å²) in [6, 6.07) is 18.6. The Labute approximate surface area is 197 Å². The maximum Gasteiger partial charge on any atom is 0.336 e. The smallest absolute Gasteiger partial charge is 0.336 e. The number of benzene rings is 3. The maximum absolute atomic E-state index is 12.6. The van der Waals surface area contributed by atoms with Crippen LogP contribution in [0.1, 0.15) is 34.6 Å². The molecule has 3 aromatic carbocycles. The number of imidazole rings is 1.